The smallest absolute Gasteiger partial charge is 0.270 e. The Labute approximate surface area is 115 Å². The first kappa shape index (κ1) is 12.7. The predicted octanol–water partition coefficient (Wildman–Crippen LogP) is 1.94. The Morgan fingerprint density at radius 1 is 1.40 bits per heavy atom. The zero-order chi connectivity index (χ0) is 14.1. The van der Waals surface area contributed by atoms with Gasteiger partial charge in [0.2, 0.25) is 0 Å². The molecule has 2 unspecified atom stereocenters. The molecule has 104 valence electrons. The van der Waals surface area contributed by atoms with Gasteiger partial charge in [0.15, 0.2) is 5.82 Å². The molecule has 0 bridgehead atoms. The van der Waals surface area contributed by atoms with Gasteiger partial charge < -0.3 is 5.11 Å². The molecule has 1 saturated carbocycles. The fourth-order valence-electron chi connectivity index (χ4n) is 2.55. The van der Waals surface area contributed by atoms with E-state index < -0.39 is 11.0 Å². The molecule has 0 radical (unpaired) electrons. The second kappa shape index (κ2) is 5.01. The normalized spacial score (nSPS) is 22.1. The third-order valence-corrected chi connectivity index (χ3v) is 3.61. The monoisotopic (exact) mass is 274 g/mol. The number of nitro groups is 1. The molecular formula is C13H14N4O3. The SMILES string of the molecule is O=[N+]([O-])c1cccc(-c2ncn(C3CCCC3O)n2)c1. The fraction of sp³-hybridized carbons (Fsp3) is 0.385. The third-order valence-electron chi connectivity index (χ3n) is 3.61. The molecule has 1 aliphatic rings. The molecular weight excluding hydrogens is 260 g/mol. The Kier molecular flexibility index (Phi) is 3.19. The van der Waals surface area contributed by atoms with Gasteiger partial charge in [0.25, 0.3) is 5.69 Å². The summed E-state index contributed by atoms with van der Waals surface area (Å²) in [6.07, 6.45) is 3.80. The zero-order valence-corrected chi connectivity index (χ0v) is 10.7. The van der Waals surface area contributed by atoms with Crippen LogP contribution in [-0.2, 0) is 0 Å². The van der Waals surface area contributed by atoms with Gasteiger partial charge in [-0.2, -0.15) is 5.10 Å². The molecule has 7 heteroatoms. The summed E-state index contributed by atoms with van der Waals surface area (Å²) in [7, 11) is 0. The number of aromatic nitrogens is 3. The molecule has 0 aliphatic heterocycles. The summed E-state index contributed by atoms with van der Waals surface area (Å²) in [5.41, 5.74) is 0.616. The maximum absolute atomic E-state index is 10.8. The lowest BCUT2D eigenvalue weighted by atomic mass is 10.2. The van der Waals surface area contributed by atoms with E-state index in [1.165, 1.54) is 12.1 Å². The Morgan fingerprint density at radius 2 is 2.25 bits per heavy atom. The molecule has 2 atom stereocenters. The van der Waals surface area contributed by atoms with Crippen LogP contribution < -0.4 is 0 Å². The lowest BCUT2D eigenvalue weighted by molar-refractivity contribution is -0.384. The molecule has 0 amide bonds. The fourth-order valence-corrected chi connectivity index (χ4v) is 2.55. The molecule has 1 N–H and O–H groups in total. The molecule has 1 aromatic heterocycles. The number of hydrogen-bond donors (Lipinski definition) is 1. The molecule has 1 fully saturated rings. The second-order valence-corrected chi connectivity index (χ2v) is 4.92. The van der Waals surface area contributed by atoms with Crippen LogP contribution >= 0.6 is 0 Å². The summed E-state index contributed by atoms with van der Waals surface area (Å²) in [6.45, 7) is 0. The molecule has 20 heavy (non-hydrogen) atoms. The average Bonchev–Trinajstić information content (AvgIpc) is 3.07. The number of benzene rings is 1. The number of aliphatic hydroxyl groups excluding tert-OH is 1. The predicted molar refractivity (Wildman–Crippen MR) is 71.0 cm³/mol. The Hall–Kier alpha value is -2.28. The molecule has 0 saturated heterocycles. The first-order valence-electron chi connectivity index (χ1n) is 6.49. The molecule has 0 spiro atoms. The summed E-state index contributed by atoms with van der Waals surface area (Å²) in [4.78, 5) is 14.5. The number of nitrogens with zero attached hydrogens (tertiary/aromatic N) is 4. The highest BCUT2D eigenvalue weighted by Crippen LogP contribution is 2.30. The van der Waals surface area contributed by atoms with E-state index in [4.69, 9.17) is 0 Å². The van der Waals surface area contributed by atoms with Crippen LogP contribution in [0.2, 0.25) is 0 Å². The zero-order valence-electron chi connectivity index (χ0n) is 10.7. The van der Waals surface area contributed by atoms with Crippen LogP contribution in [0.15, 0.2) is 30.6 Å². The number of hydrogen-bond acceptors (Lipinski definition) is 5. The van der Waals surface area contributed by atoms with E-state index in [2.05, 4.69) is 10.1 Å². The van der Waals surface area contributed by atoms with Crippen LogP contribution in [-0.4, -0.2) is 30.9 Å². The standard InChI is InChI=1S/C13H14N4O3/c18-12-6-2-5-11(12)16-8-14-13(15-16)9-3-1-4-10(7-9)17(19)20/h1,3-4,7-8,11-12,18H,2,5-6H2. The lowest BCUT2D eigenvalue weighted by Gasteiger charge is -2.13. The number of non-ortho nitro benzene ring substituents is 1. The van der Waals surface area contributed by atoms with Crippen LogP contribution in [0.3, 0.4) is 0 Å². The Morgan fingerprint density at radius 3 is 2.95 bits per heavy atom. The van der Waals surface area contributed by atoms with Crippen LogP contribution in [0.25, 0.3) is 11.4 Å². The van der Waals surface area contributed by atoms with Crippen molar-refractivity contribution in [1.29, 1.82) is 0 Å². The van der Waals surface area contributed by atoms with E-state index in [1.807, 2.05) is 0 Å². The Bertz CT molecular complexity index is 640. The largest absolute Gasteiger partial charge is 0.391 e. The van der Waals surface area contributed by atoms with E-state index >= 15 is 0 Å². The van der Waals surface area contributed by atoms with Crippen molar-refractivity contribution < 1.29 is 10.0 Å². The van der Waals surface area contributed by atoms with Crippen LogP contribution in [0.5, 0.6) is 0 Å². The van der Waals surface area contributed by atoms with E-state index in [9.17, 15) is 15.2 Å². The van der Waals surface area contributed by atoms with Gasteiger partial charge in [-0.05, 0) is 19.3 Å². The van der Waals surface area contributed by atoms with Gasteiger partial charge in [0, 0.05) is 17.7 Å². The van der Waals surface area contributed by atoms with Gasteiger partial charge in [-0.1, -0.05) is 12.1 Å². The van der Waals surface area contributed by atoms with Gasteiger partial charge in [-0.25, -0.2) is 9.67 Å². The molecule has 1 heterocycles. The van der Waals surface area contributed by atoms with E-state index in [0.717, 1.165) is 19.3 Å². The quantitative estimate of drug-likeness (QED) is 0.681. The van der Waals surface area contributed by atoms with Gasteiger partial charge in [-0.15, -0.1) is 0 Å². The van der Waals surface area contributed by atoms with Crippen molar-refractivity contribution in [3.05, 3.63) is 40.7 Å². The molecule has 2 aromatic rings. The average molecular weight is 274 g/mol. The van der Waals surface area contributed by atoms with Crippen LogP contribution in [0.4, 0.5) is 5.69 Å². The first-order chi connectivity index (χ1) is 9.65. The van der Waals surface area contributed by atoms with E-state index in [-0.39, 0.29) is 11.7 Å². The van der Waals surface area contributed by atoms with Crippen molar-refractivity contribution in [1.82, 2.24) is 14.8 Å². The second-order valence-electron chi connectivity index (χ2n) is 4.92. The van der Waals surface area contributed by atoms with Crippen molar-refractivity contribution in [3.63, 3.8) is 0 Å². The topological polar surface area (TPSA) is 94.1 Å². The highest BCUT2D eigenvalue weighted by molar-refractivity contribution is 5.58. The summed E-state index contributed by atoms with van der Waals surface area (Å²) >= 11 is 0. The molecule has 1 aliphatic carbocycles. The first-order valence-corrected chi connectivity index (χ1v) is 6.49. The highest BCUT2D eigenvalue weighted by atomic mass is 16.6. The summed E-state index contributed by atoms with van der Waals surface area (Å²) < 4.78 is 1.66. The number of aliphatic hydroxyl groups is 1. The van der Waals surface area contributed by atoms with Crippen molar-refractivity contribution >= 4 is 5.69 Å². The summed E-state index contributed by atoms with van der Waals surface area (Å²) in [6, 6.07) is 6.18. The van der Waals surface area contributed by atoms with Crippen molar-refractivity contribution in [3.8, 4) is 11.4 Å². The van der Waals surface area contributed by atoms with Crippen molar-refractivity contribution in [2.45, 2.75) is 31.4 Å². The highest BCUT2D eigenvalue weighted by Gasteiger charge is 2.27. The van der Waals surface area contributed by atoms with Gasteiger partial charge in [0.1, 0.15) is 6.33 Å². The minimum atomic E-state index is -0.443. The maximum Gasteiger partial charge on any atom is 0.270 e. The molecule has 1 aromatic carbocycles. The molecule has 7 nitrogen and oxygen atoms in total. The molecule has 3 rings (SSSR count). The van der Waals surface area contributed by atoms with E-state index in [0.29, 0.717) is 11.4 Å². The number of nitro benzene ring substituents is 1. The van der Waals surface area contributed by atoms with Crippen molar-refractivity contribution in [2.75, 3.05) is 0 Å². The minimum Gasteiger partial charge on any atom is -0.391 e. The van der Waals surface area contributed by atoms with Crippen LogP contribution in [0, 0.1) is 10.1 Å². The van der Waals surface area contributed by atoms with E-state index in [1.54, 1.807) is 23.1 Å². The Balaban J connectivity index is 1.90. The van der Waals surface area contributed by atoms with Crippen LogP contribution in [0.1, 0.15) is 25.3 Å². The maximum atomic E-state index is 10.8. The summed E-state index contributed by atoms with van der Waals surface area (Å²) in [5.74, 6) is 0.438. The summed E-state index contributed by atoms with van der Waals surface area (Å²) in [5, 5.41) is 25.0. The lowest BCUT2D eigenvalue weighted by Crippen LogP contribution is -2.18. The third kappa shape index (κ3) is 2.27. The number of rotatable bonds is 3. The van der Waals surface area contributed by atoms with Crippen molar-refractivity contribution in [2.24, 2.45) is 0 Å². The van der Waals surface area contributed by atoms with Gasteiger partial charge in [-0.3, -0.25) is 10.1 Å². The van der Waals surface area contributed by atoms with Gasteiger partial charge in [0.05, 0.1) is 17.1 Å². The minimum absolute atomic E-state index is 0.0137. The van der Waals surface area contributed by atoms with Gasteiger partial charge >= 0.3 is 0 Å².